The fourth-order valence-corrected chi connectivity index (χ4v) is 1.29. The van der Waals surface area contributed by atoms with E-state index in [9.17, 15) is 9.18 Å². The van der Waals surface area contributed by atoms with Gasteiger partial charge in [-0.3, -0.25) is 4.79 Å². The lowest BCUT2D eigenvalue weighted by Crippen LogP contribution is -1.95. The number of carbonyl (C=O) groups is 1. The Morgan fingerprint density at radius 2 is 2.25 bits per heavy atom. The molecule has 2 nitrogen and oxygen atoms in total. The highest BCUT2D eigenvalue weighted by molar-refractivity contribution is 9.10. The maximum absolute atomic E-state index is 12.7. The van der Waals surface area contributed by atoms with Crippen LogP contribution >= 0.6 is 27.5 Å². The summed E-state index contributed by atoms with van der Waals surface area (Å²) in [4.78, 5) is 10.1. The molecule has 0 radical (unpaired) electrons. The monoisotopic (exact) mass is 251 g/mol. The van der Waals surface area contributed by atoms with Gasteiger partial charge in [-0.2, -0.15) is 0 Å². The van der Waals surface area contributed by atoms with Gasteiger partial charge in [0.1, 0.15) is 5.82 Å². The van der Waals surface area contributed by atoms with E-state index in [0.29, 0.717) is 16.6 Å². The van der Waals surface area contributed by atoms with Gasteiger partial charge < -0.3 is 5.32 Å². The normalized spacial score (nSPS) is 9.58. The van der Waals surface area contributed by atoms with Gasteiger partial charge in [0.05, 0.1) is 10.7 Å². The number of amides is 1. The molecule has 0 aliphatic heterocycles. The maximum atomic E-state index is 12.7. The molecule has 0 aliphatic rings. The van der Waals surface area contributed by atoms with Crippen LogP contribution in [0.2, 0.25) is 5.02 Å². The summed E-state index contributed by atoms with van der Waals surface area (Å²) in [6.45, 7) is 0. The second kappa shape index (κ2) is 3.87. The third kappa shape index (κ3) is 1.95. The van der Waals surface area contributed by atoms with E-state index in [1.54, 1.807) is 0 Å². The summed E-state index contributed by atoms with van der Waals surface area (Å²) in [5.74, 6) is -0.528. The molecule has 0 saturated carbocycles. The molecule has 0 unspecified atom stereocenters. The first-order valence-corrected chi connectivity index (χ1v) is 4.17. The Bertz CT molecular complexity index is 319. The van der Waals surface area contributed by atoms with Crippen LogP contribution in [-0.2, 0) is 4.79 Å². The van der Waals surface area contributed by atoms with Gasteiger partial charge in [-0.05, 0) is 28.1 Å². The molecule has 0 aromatic heterocycles. The van der Waals surface area contributed by atoms with Crippen molar-refractivity contribution >= 4 is 39.6 Å². The molecule has 12 heavy (non-hydrogen) atoms. The molecule has 1 rings (SSSR count). The first-order chi connectivity index (χ1) is 5.65. The number of benzene rings is 1. The van der Waals surface area contributed by atoms with Crippen LogP contribution in [0.1, 0.15) is 0 Å². The van der Waals surface area contributed by atoms with Gasteiger partial charge >= 0.3 is 0 Å². The topological polar surface area (TPSA) is 29.1 Å². The molecule has 0 spiro atoms. The average molecular weight is 252 g/mol. The standard InChI is InChI=1S/C7H4BrClFNO/c8-4-1-6(10)5(9)2-7(4)11-3-12/h1-3H,(H,11,12). The Balaban J connectivity index is 3.13. The van der Waals surface area contributed by atoms with E-state index in [-0.39, 0.29) is 5.02 Å². The smallest absolute Gasteiger partial charge is 0.211 e. The fraction of sp³-hybridized carbons (Fsp3) is 0. The van der Waals surface area contributed by atoms with Crippen LogP contribution in [0.5, 0.6) is 0 Å². The first-order valence-electron chi connectivity index (χ1n) is 3.00. The third-order valence-electron chi connectivity index (χ3n) is 1.22. The van der Waals surface area contributed by atoms with Gasteiger partial charge in [-0.1, -0.05) is 11.6 Å². The van der Waals surface area contributed by atoms with E-state index in [1.807, 2.05) is 0 Å². The highest BCUT2D eigenvalue weighted by Crippen LogP contribution is 2.27. The lowest BCUT2D eigenvalue weighted by atomic mass is 10.3. The molecule has 0 heterocycles. The summed E-state index contributed by atoms with van der Waals surface area (Å²) >= 11 is 8.53. The largest absolute Gasteiger partial charge is 0.328 e. The van der Waals surface area contributed by atoms with E-state index < -0.39 is 5.82 Å². The SMILES string of the molecule is O=CNc1cc(Cl)c(F)cc1Br. The lowest BCUT2D eigenvalue weighted by Gasteiger charge is -2.02. The van der Waals surface area contributed by atoms with Crippen molar-refractivity contribution in [3.63, 3.8) is 0 Å². The summed E-state index contributed by atoms with van der Waals surface area (Å²) in [7, 11) is 0. The van der Waals surface area contributed by atoms with Crippen molar-refractivity contribution in [2.45, 2.75) is 0 Å². The number of carbonyl (C=O) groups excluding carboxylic acids is 1. The van der Waals surface area contributed by atoms with Gasteiger partial charge in [0.2, 0.25) is 6.41 Å². The quantitative estimate of drug-likeness (QED) is 0.636. The van der Waals surface area contributed by atoms with Crippen LogP contribution in [0.15, 0.2) is 16.6 Å². The first kappa shape index (κ1) is 9.48. The van der Waals surface area contributed by atoms with E-state index in [0.717, 1.165) is 0 Å². The lowest BCUT2D eigenvalue weighted by molar-refractivity contribution is -0.105. The molecule has 0 atom stereocenters. The molecule has 0 saturated heterocycles. The number of hydrogen-bond acceptors (Lipinski definition) is 1. The minimum atomic E-state index is -0.528. The summed E-state index contributed by atoms with van der Waals surface area (Å²) in [6.07, 6.45) is 0.494. The summed E-state index contributed by atoms with van der Waals surface area (Å²) in [5, 5.41) is 2.34. The number of anilines is 1. The summed E-state index contributed by atoms with van der Waals surface area (Å²) in [6, 6.07) is 2.52. The minimum absolute atomic E-state index is 0.0254. The van der Waals surface area contributed by atoms with Gasteiger partial charge in [-0.25, -0.2) is 4.39 Å². The van der Waals surface area contributed by atoms with E-state index >= 15 is 0 Å². The zero-order valence-electron chi connectivity index (χ0n) is 5.77. The van der Waals surface area contributed by atoms with Crippen LogP contribution in [0.3, 0.4) is 0 Å². The highest BCUT2D eigenvalue weighted by atomic mass is 79.9. The summed E-state index contributed by atoms with van der Waals surface area (Å²) < 4.78 is 13.2. The number of nitrogens with one attached hydrogen (secondary N) is 1. The van der Waals surface area contributed by atoms with Crippen molar-refractivity contribution in [1.29, 1.82) is 0 Å². The van der Waals surface area contributed by atoms with Gasteiger partial charge in [0.25, 0.3) is 0 Å². The maximum Gasteiger partial charge on any atom is 0.211 e. The minimum Gasteiger partial charge on any atom is -0.328 e. The molecule has 1 aromatic carbocycles. The molecular formula is C7H4BrClFNO. The number of halogens is 3. The van der Waals surface area contributed by atoms with Crippen LogP contribution in [0.4, 0.5) is 10.1 Å². The zero-order chi connectivity index (χ0) is 9.14. The second-order valence-corrected chi connectivity index (χ2v) is 3.27. The van der Waals surface area contributed by atoms with Gasteiger partial charge in [0.15, 0.2) is 0 Å². The zero-order valence-corrected chi connectivity index (χ0v) is 8.12. The molecule has 1 aromatic rings. The Kier molecular flexibility index (Phi) is 3.05. The van der Waals surface area contributed by atoms with Crippen LogP contribution < -0.4 is 5.32 Å². The molecule has 64 valence electrons. The van der Waals surface area contributed by atoms with Crippen molar-refractivity contribution < 1.29 is 9.18 Å². The van der Waals surface area contributed by atoms with Crippen molar-refractivity contribution in [1.82, 2.24) is 0 Å². The molecule has 1 amide bonds. The second-order valence-electron chi connectivity index (χ2n) is 2.01. The third-order valence-corrected chi connectivity index (χ3v) is 2.17. The van der Waals surface area contributed by atoms with E-state index in [4.69, 9.17) is 11.6 Å². The molecule has 0 bridgehead atoms. The Hall–Kier alpha value is -0.610. The van der Waals surface area contributed by atoms with Crippen LogP contribution in [-0.4, -0.2) is 6.41 Å². The molecule has 5 heteroatoms. The van der Waals surface area contributed by atoms with Crippen LogP contribution in [0, 0.1) is 5.82 Å². The van der Waals surface area contributed by atoms with Gasteiger partial charge in [-0.15, -0.1) is 0 Å². The molecule has 0 fully saturated rings. The van der Waals surface area contributed by atoms with Crippen molar-refractivity contribution in [3.8, 4) is 0 Å². The number of hydrogen-bond donors (Lipinski definition) is 1. The van der Waals surface area contributed by atoms with Crippen molar-refractivity contribution in [2.24, 2.45) is 0 Å². The predicted octanol–water partition coefficient (Wildman–Crippen LogP) is 2.81. The van der Waals surface area contributed by atoms with E-state index in [2.05, 4.69) is 21.2 Å². The summed E-state index contributed by atoms with van der Waals surface area (Å²) in [5.41, 5.74) is 0.441. The number of rotatable bonds is 2. The predicted molar refractivity (Wildman–Crippen MR) is 48.8 cm³/mol. The Morgan fingerprint density at radius 1 is 1.58 bits per heavy atom. The fourth-order valence-electron chi connectivity index (χ4n) is 0.697. The molecule has 0 aliphatic carbocycles. The van der Waals surface area contributed by atoms with Crippen molar-refractivity contribution in [3.05, 3.63) is 27.4 Å². The van der Waals surface area contributed by atoms with Crippen LogP contribution in [0.25, 0.3) is 0 Å². The molecular weight excluding hydrogens is 248 g/mol. The van der Waals surface area contributed by atoms with E-state index in [1.165, 1.54) is 12.1 Å². The van der Waals surface area contributed by atoms with Gasteiger partial charge in [0, 0.05) is 4.47 Å². The highest BCUT2D eigenvalue weighted by Gasteiger charge is 2.05. The van der Waals surface area contributed by atoms with Crippen molar-refractivity contribution in [2.75, 3.05) is 5.32 Å². The Labute approximate surface area is 81.8 Å². The Morgan fingerprint density at radius 3 is 2.83 bits per heavy atom. The molecule has 1 N–H and O–H groups in total. The average Bonchev–Trinajstić information content (AvgIpc) is 2.01.